The molecule has 1 aliphatic carbocycles. The fraction of sp³-hybridized carbons (Fsp3) is 0.500. The van der Waals surface area contributed by atoms with Gasteiger partial charge >= 0.3 is 0 Å². The number of hydrogen-bond donors (Lipinski definition) is 1. The number of nitrogen functional groups attached to an aromatic ring is 1. The Kier molecular flexibility index (Phi) is 3.71. The average Bonchev–Trinajstić information content (AvgIpc) is 3.04. The summed E-state index contributed by atoms with van der Waals surface area (Å²) in [6.07, 6.45) is 2.67. The molecule has 0 unspecified atom stereocenters. The maximum atomic E-state index is 5.70. The van der Waals surface area contributed by atoms with Crippen LogP contribution in [0, 0.1) is 0 Å². The van der Waals surface area contributed by atoms with Crippen LogP contribution in [0.1, 0.15) is 12.8 Å². The molecule has 3 nitrogen and oxygen atoms in total. The minimum absolute atomic E-state index is 0.718. The molecule has 0 atom stereocenters. The van der Waals surface area contributed by atoms with Crippen LogP contribution >= 0.6 is 15.9 Å². The molecular formula is C12H17BrN2O. The summed E-state index contributed by atoms with van der Waals surface area (Å²) in [5, 5.41) is 0. The van der Waals surface area contributed by atoms with E-state index in [2.05, 4.69) is 27.9 Å². The molecule has 2 N–H and O–H groups in total. The zero-order chi connectivity index (χ0) is 11.5. The highest BCUT2D eigenvalue weighted by atomic mass is 79.9. The second-order valence-corrected chi connectivity index (χ2v) is 5.10. The number of ether oxygens (including phenoxy) is 1. The third-order valence-corrected chi connectivity index (χ3v) is 3.45. The van der Waals surface area contributed by atoms with E-state index in [4.69, 9.17) is 10.5 Å². The number of hydrogen-bond acceptors (Lipinski definition) is 3. The molecule has 0 heterocycles. The first kappa shape index (κ1) is 11.7. The van der Waals surface area contributed by atoms with Crippen LogP contribution in [0.25, 0.3) is 0 Å². The summed E-state index contributed by atoms with van der Waals surface area (Å²) in [6.45, 7) is 1.69. The number of nitrogens with two attached hydrogens (primary N) is 1. The van der Waals surface area contributed by atoms with Gasteiger partial charge in [-0.05, 0) is 54.0 Å². The number of anilines is 1. The first-order chi connectivity index (χ1) is 7.66. The van der Waals surface area contributed by atoms with Crippen molar-refractivity contribution in [3.8, 4) is 5.75 Å². The van der Waals surface area contributed by atoms with Gasteiger partial charge in [0.05, 0.1) is 4.47 Å². The first-order valence-corrected chi connectivity index (χ1v) is 6.34. The zero-order valence-corrected chi connectivity index (χ0v) is 11.0. The van der Waals surface area contributed by atoms with Gasteiger partial charge in [-0.3, -0.25) is 0 Å². The van der Waals surface area contributed by atoms with Crippen molar-refractivity contribution < 1.29 is 4.74 Å². The van der Waals surface area contributed by atoms with Crippen LogP contribution in [0.15, 0.2) is 22.7 Å². The predicted octanol–water partition coefficient (Wildman–Crippen LogP) is 2.50. The Bertz CT molecular complexity index is 366. The minimum Gasteiger partial charge on any atom is -0.491 e. The molecule has 0 saturated heterocycles. The van der Waals surface area contributed by atoms with E-state index in [1.807, 2.05) is 18.2 Å². The van der Waals surface area contributed by atoms with E-state index in [9.17, 15) is 0 Å². The molecule has 16 heavy (non-hydrogen) atoms. The van der Waals surface area contributed by atoms with Crippen LogP contribution in [0.5, 0.6) is 5.75 Å². The molecule has 1 aromatic carbocycles. The monoisotopic (exact) mass is 284 g/mol. The van der Waals surface area contributed by atoms with Gasteiger partial charge in [0, 0.05) is 18.3 Å². The van der Waals surface area contributed by atoms with Gasteiger partial charge in [0.2, 0.25) is 0 Å². The van der Waals surface area contributed by atoms with Gasteiger partial charge in [-0.15, -0.1) is 0 Å². The molecule has 2 rings (SSSR count). The maximum absolute atomic E-state index is 5.70. The minimum atomic E-state index is 0.718. The van der Waals surface area contributed by atoms with Crippen LogP contribution in [0.2, 0.25) is 0 Å². The maximum Gasteiger partial charge on any atom is 0.133 e. The summed E-state index contributed by atoms with van der Waals surface area (Å²) in [4.78, 5) is 2.35. The van der Waals surface area contributed by atoms with E-state index in [-0.39, 0.29) is 0 Å². The normalized spacial score (nSPS) is 15.4. The Labute approximate surface area is 105 Å². The molecule has 0 spiro atoms. The number of rotatable bonds is 5. The summed E-state index contributed by atoms with van der Waals surface area (Å²) in [5.41, 5.74) is 6.40. The van der Waals surface area contributed by atoms with Crippen LogP contribution in [0.4, 0.5) is 5.69 Å². The Morgan fingerprint density at radius 3 is 2.88 bits per heavy atom. The van der Waals surface area contributed by atoms with E-state index < -0.39 is 0 Å². The van der Waals surface area contributed by atoms with Gasteiger partial charge < -0.3 is 15.4 Å². The molecule has 1 aromatic rings. The van der Waals surface area contributed by atoms with Crippen molar-refractivity contribution in [1.82, 2.24) is 4.90 Å². The molecule has 1 aliphatic rings. The van der Waals surface area contributed by atoms with Gasteiger partial charge in [0.25, 0.3) is 0 Å². The SMILES string of the molecule is CN(CCOc1ccc(N)cc1Br)C1CC1. The van der Waals surface area contributed by atoms with Gasteiger partial charge in [0.1, 0.15) is 12.4 Å². The quantitative estimate of drug-likeness (QED) is 0.845. The van der Waals surface area contributed by atoms with Crippen LogP contribution in [-0.2, 0) is 0 Å². The summed E-state index contributed by atoms with van der Waals surface area (Å²) in [7, 11) is 2.15. The molecule has 0 aromatic heterocycles. The molecule has 0 bridgehead atoms. The Hall–Kier alpha value is -0.740. The Balaban J connectivity index is 1.80. The first-order valence-electron chi connectivity index (χ1n) is 5.55. The Morgan fingerprint density at radius 1 is 1.50 bits per heavy atom. The molecule has 1 saturated carbocycles. The molecule has 88 valence electrons. The van der Waals surface area contributed by atoms with Gasteiger partial charge in [-0.1, -0.05) is 0 Å². The highest BCUT2D eigenvalue weighted by molar-refractivity contribution is 9.10. The van der Waals surface area contributed by atoms with Crippen molar-refractivity contribution in [2.45, 2.75) is 18.9 Å². The lowest BCUT2D eigenvalue weighted by Crippen LogP contribution is -2.26. The summed E-state index contributed by atoms with van der Waals surface area (Å²) in [5.74, 6) is 0.860. The molecule has 4 heteroatoms. The van der Waals surface area contributed by atoms with Crippen molar-refractivity contribution in [2.75, 3.05) is 25.9 Å². The van der Waals surface area contributed by atoms with Crippen molar-refractivity contribution in [3.05, 3.63) is 22.7 Å². The lowest BCUT2D eigenvalue weighted by molar-refractivity contribution is 0.231. The van der Waals surface area contributed by atoms with E-state index in [1.165, 1.54) is 12.8 Å². The number of benzene rings is 1. The molecular weight excluding hydrogens is 268 g/mol. The fourth-order valence-electron chi connectivity index (χ4n) is 1.63. The molecule has 1 fully saturated rings. The molecule has 0 radical (unpaired) electrons. The molecule has 0 aliphatic heterocycles. The Morgan fingerprint density at radius 2 is 2.25 bits per heavy atom. The number of likely N-dealkylation sites (N-methyl/N-ethyl adjacent to an activating group) is 1. The third kappa shape index (κ3) is 3.12. The fourth-order valence-corrected chi connectivity index (χ4v) is 2.14. The van der Waals surface area contributed by atoms with Crippen molar-refractivity contribution in [1.29, 1.82) is 0 Å². The number of halogens is 1. The van der Waals surface area contributed by atoms with Crippen LogP contribution in [-0.4, -0.2) is 31.1 Å². The summed E-state index contributed by atoms with van der Waals surface area (Å²) in [6, 6.07) is 6.40. The van der Waals surface area contributed by atoms with Crippen molar-refractivity contribution >= 4 is 21.6 Å². The lowest BCUT2D eigenvalue weighted by atomic mass is 10.3. The van der Waals surface area contributed by atoms with E-state index >= 15 is 0 Å². The summed E-state index contributed by atoms with van der Waals surface area (Å²) >= 11 is 3.44. The van der Waals surface area contributed by atoms with Gasteiger partial charge in [-0.25, -0.2) is 0 Å². The second-order valence-electron chi connectivity index (χ2n) is 4.25. The topological polar surface area (TPSA) is 38.5 Å². The van der Waals surface area contributed by atoms with E-state index in [0.717, 1.165) is 35.1 Å². The van der Waals surface area contributed by atoms with E-state index in [0.29, 0.717) is 0 Å². The summed E-state index contributed by atoms with van der Waals surface area (Å²) < 4.78 is 6.61. The zero-order valence-electron chi connectivity index (χ0n) is 9.45. The van der Waals surface area contributed by atoms with Crippen molar-refractivity contribution in [3.63, 3.8) is 0 Å². The number of nitrogens with zero attached hydrogens (tertiary/aromatic N) is 1. The highest BCUT2D eigenvalue weighted by Gasteiger charge is 2.25. The van der Waals surface area contributed by atoms with Gasteiger partial charge in [0.15, 0.2) is 0 Å². The third-order valence-electron chi connectivity index (χ3n) is 2.83. The second kappa shape index (κ2) is 5.06. The van der Waals surface area contributed by atoms with Crippen LogP contribution in [0.3, 0.4) is 0 Å². The predicted molar refractivity (Wildman–Crippen MR) is 69.7 cm³/mol. The van der Waals surface area contributed by atoms with Crippen LogP contribution < -0.4 is 10.5 Å². The van der Waals surface area contributed by atoms with Crippen molar-refractivity contribution in [2.24, 2.45) is 0 Å². The average molecular weight is 285 g/mol. The smallest absolute Gasteiger partial charge is 0.133 e. The molecule has 0 amide bonds. The van der Waals surface area contributed by atoms with E-state index in [1.54, 1.807) is 0 Å². The van der Waals surface area contributed by atoms with Gasteiger partial charge in [-0.2, -0.15) is 0 Å². The standard InChI is InChI=1S/C12H17BrN2O/c1-15(10-3-4-10)6-7-16-12-5-2-9(14)8-11(12)13/h2,5,8,10H,3-4,6-7,14H2,1H3. The largest absolute Gasteiger partial charge is 0.491 e. The highest BCUT2D eigenvalue weighted by Crippen LogP contribution is 2.27. The lowest BCUT2D eigenvalue weighted by Gasteiger charge is -2.16.